The molecule has 0 N–H and O–H groups in total. The van der Waals surface area contributed by atoms with Crippen LogP contribution >= 0.6 is 0 Å². The monoisotopic (exact) mass is 391 g/mol. The van der Waals surface area contributed by atoms with Gasteiger partial charge in [0.1, 0.15) is 11.6 Å². The molecular weight excluding hydrogens is 373 g/mol. The first-order chi connectivity index (χ1) is 14.1. The molecule has 7 heteroatoms. The molecule has 0 unspecified atom stereocenters. The zero-order chi connectivity index (χ0) is 20.0. The molecule has 0 atom stereocenters. The number of aromatic nitrogens is 2. The van der Waals surface area contributed by atoms with Crippen molar-refractivity contribution in [1.29, 1.82) is 5.26 Å². The van der Waals surface area contributed by atoms with Crippen LogP contribution in [0.2, 0.25) is 0 Å². The molecule has 1 aromatic heterocycles. The molecule has 2 aromatic carbocycles. The SMILES string of the molecule is N#Cc1cc(F)cc(-c2ccc3c(=O)n4c(nc3c2)CCC2(CC4)OCCO2)c1. The Kier molecular flexibility index (Phi) is 4.19. The molecule has 0 radical (unpaired) electrons. The largest absolute Gasteiger partial charge is 0.347 e. The Morgan fingerprint density at radius 2 is 1.93 bits per heavy atom. The van der Waals surface area contributed by atoms with Crippen LogP contribution in [0.25, 0.3) is 22.0 Å². The van der Waals surface area contributed by atoms with E-state index in [1.54, 1.807) is 28.8 Å². The number of rotatable bonds is 1. The molecule has 0 bridgehead atoms. The van der Waals surface area contributed by atoms with Crippen molar-refractivity contribution in [3.63, 3.8) is 0 Å². The molecule has 5 rings (SSSR count). The second kappa shape index (κ2) is 6.76. The van der Waals surface area contributed by atoms with Gasteiger partial charge in [0, 0.05) is 25.8 Å². The lowest BCUT2D eigenvalue weighted by atomic mass is 10.0. The fourth-order valence-corrected chi connectivity index (χ4v) is 4.18. The molecule has 1 saturated heterocycles. The maximum Gasteiger partial charge on any atom is 0.261 e. The van der Waals surface area contributed by atoms with Crippen molar-refractivity contribution >= 4 is 10.9 Å². The Bertz CT molecular complexity index is 1220. The molecule has 6 nitrogen and oxygen atoms in total. The maximum absolute atomic E-state index is 13.8. The number of hydrogen-bond acceptors (Lipinski definition) is 5. The van der Waals surface area contributed by atoms with E-state index in [9.17, 15) is 9.18 Å². The van der Waals surface area contributed by atoms with E-state index in [0.717, 1.165) is 0 Å². The second-order valence-electron chi connectivity index (χ2n) is 7.41. The summed E-state index contributed by atoms with van der Waals surface area (Å²) in [6.45, 7) is 1.64. The molecule has 29 heavy (non-hydrogen) atoms. The predicted molar refractivity (Wildman–Crippen MR) is 104 cm³/mol. The fourth-order valence-electron chi connectivity index (χ4n) is 4.18. The van der Waals surface area contributed by atoms with Crippen LogP contribution in [0.3, 0.4) is 0 Å². The Balaban J connectivity index is 1.59. The number of nitrogens with zero attached hydrogens (tertiary/aromatic N) is 3. The molecule has 1 spiro atoms. The average Bonchev–Trinajstić information content (AvgIpc) is 3.11. The third-order valence-electron chi connectivity index (χ3n) is 5.65. The first-order valence-corrected chi connectivity index (χ1v) is 9.59. The second-order valence-corrected chi connectivity index (χ2v) is 7.41. The number of halogens is 1. The fraction of sp³-hybridized carbons (Fsp3) is 0.318. The van der Waals surface area contributed by atoms with Crippen molar-refractivity contribution in [3.05, 3.63) is 64.0 Å². The Hall–Kier alpha value is -3.08. The molecule has 146 valence electrons. The minimum atomic E-state index is -0.618. The van der Waals surface area contributed by atoms with Gasteiger partial charge >= 0.3 is 0 Å². The molecule has 3 aromatic rings. The van der Waals surface area contributed by atoms with Gasteiger partial charge in [0.25, 0.3) is 5.56 Å². The third-order valence-corrected chi connectivity index (χ3v) is 5.65. The number of fused-ring (bicyclic) bond motifs is 2. The minimum absolute atomic E-state index is 0.0939. The van der Waals surface area contributed by atoms with E-state index in [2.05, 4.69) is 0 Å². The van der Waals surface area contributed by atoms with Crippen LogP contribution < -0.4 is 5.56 Å². The summed E-state index contributed by atoms with van der Waals surface area (Å²) < 4.78 is 27.2. The Morgan fingerprint density at radius 3 is 2.72 bits per heavy atom. The highest BCUT2D eigenvalue weighted by molar-refractivity contribution is 5.84. The smallest absolute Gasteiger partial charge is 0.261 e. The highest BCUT2D eigenvalue weighted by Crippen LogP contribution is 2.32. The maximum atomic E-state index is 13.8. The standard InChI is InChI=1S/C22H18FN3O3/c23-17-10-14(13-24)9-16(11-17)15-1-2-18-19(12-15)25-20-3-4-22(28-7-8-29-22)5-6-26(20)21(18)27/h1-2,9-12H,3-8H2. The molecule has 0 aliphatic carbocycles. The van der Waals surface area contributed by atoms with Gasteiger partial charge in [0.2, 0.25) is 0 Å². The molecule has 3 heterocycles. The van der Waals surface area contributed by atoms with Gasteiger partial charge in [-0.3, -0.25) is 9.36 Å². The summed E-state index contributed by atoms with van der Waals surface area (Å²) in [6, 6.07) is 11.4. The number of hydrogen-bond donors (Lipinski definition) is 0. The van der Waals surface area contributed by atoms with E-state index in [-0.39, 0.29) is 11.1 Å². The number of benzene rings is 2. The summed E-state index contributed by atoms with van der Waals surface area (Å²) in [6.07, 6.45) is 1.85. The van der Waals surface area contributed by atoms with Crippen molar-refractivity contribution < 1.29 is 13.9 Å². The van der Waals surface area contributed by atoms with Gasteiger partial charge in [-0.1, -0.05) is 6.07 Å². The topological polar surface area (TPSA) is 77.1 Å². The summed E-state index contributed by atoms with van der Waals surface area (Å²) in [5.41, 5.74) is 2.00. The van der Waals surface area contributed by atoms with E-state index < -0.39 is 11.6 Å². The van der Waals surface area contributed by atoms with Crippen LogP contribution in [-0.2, 0) is 22.4 Å². The van der Waals surface area contributed by atoms with Crippen LogP contribution in [0.5, 0.6) is 0 Å². The van der Waals surface area contributed by atoms with Gasteiger partial charge in [-0.25, -0.2) is 9.37 Å². The van der Waals surface area contributed by atoms with Crippen molar-refractivity contribution in [2.75, 3.05) is 13.2 Å². The molecule has 1 fully saturated rings. The Morgan fingerprint density at radius 1 is 1.10 bits per heavy atom. The van der Waals surface area contributed by atoms with Crippen LogP contribution in [0.15, 0.2) is 41.2 Å². The van der Waals surface area contributed by atoms with Gasteiger partial charge in [-0.05, 0) is 41.5 Å². The molecular formula is C22H18FN3O3. The zero-order valence-electron chi connectivity index (χ0n) is 15.7. The summed E-state index contributed by atoms with van der Waals surface area (Å²) in [7, 11) is 0. The van der Waals surface area contributed by atoms with E-state index >= 15 is 0 Å². The lowest BCUT2D eigenvalue weighted by Gasteiger charge is -2.24. The van der Waals surface area contributed by atoms with E-state index in [1.165, 1.54) is 12.1 Å². The van der Waals surface area contributed by atoms with Crippen molar-refractivity contribution in [2.45, 2.75) is 31.6 Å². The van der Waals surface area contributed by atoms with Gasteiger partial charge < -0.3 is 9.47 Å². The predicted octanol–water partition coefficient (Wildman–Crippen LogP) is 3.15. The summed E-state index contributed by atoms with van der Waals surface area (Å²) in [5, 5.41) is 9.61. The van der Waals surface area contributed by atoms with Crippen LogP contribution in [0.4, 0.5) is 4.39 Å². The number of aryl methyl sites for hydroxylation is 1. The molecule has 2 aliphatic rings. The van der Waals surface area contributed by atoms with Gasteiger partial charge in [0.15, 0.2) is 5.79 Å². The van der Waals surface area contributed by atoms with Crippen LogP contribution in [0.1, 0.15) is 24.2 Å². The Labute approximate surface area is 166 Å². The lowest BCUT2D eigenvalue weighted by molar-refractivity contribution is -0.165. The number of nitriles is 1. The first kappa shape index (κ1) is 18.0. The van der Waals surface area contributed by atoms with E-state index in [4.69, 9.17) is 19.7 Å². The lowest BCUT2D eigenvalue weighted by Crippen LogP contribution is -2.31. The highest BCUT2D eigenvalue weighted by atomic mass is 19.1. The molecule has 0 saturated carbocycles. The van der Waals surface area contributed by atoms with E-state index in [1.807, 2.05) is 6.07 Å². The van der Waals surface area contributed by atoms with Crippen LogP contribution in [-0.4, -0.2) is 28.6 Å². The third kappa shape index (κ3) is 3.11. The van der Waals surface area contributed by atoms with Gasteiger partial charge in [-0.2, -0.15) is 5.26 Å². The van der Waals surface area contributed by atoms with Crippen LogP contribution in [0, 0.1) is 17.1 Å². The number of ether oxygens (including phenoxy) is 2. The normalized spacial score (nSPS) is 17.8. The molecule has 2 aliphatic heterocycles. The van der Waals surface area contributed by atoms with E-state index in [0.29, 0.717) is 66.9 Å². The quantitative estimate of drug-likeness (QED) is 0.637. The van der Waals surface area contributed by atoms with Crippen molar-refractivity contribution in [2.24, 2.45) is 0 Å². The van der Waals surface area contributed by atoms with Crippen molar-refractivity contribution in [1.82, 2.24) is 9.55 Å². The summed E-state index contributed by atoms with van der Waals surface area (Å²) in [5.74, 6) is -0.393. The molecule has 0 amide bonds. The summed E-state index contributed by atoms with van der Waals surface area (Å²) in [4.78, 5) is 17.8. The van der Waals surface area contributed by atoms with Gasteiger partial charge in [-0.15, -0.1) is 0 Å². The average molecular weight is 391 g/mol. The van der Waals surface area contributed by atoms with Crippen molar-refractivity contribution in [3.8, 4) is 17.2 Å². The minimum Gasteiger partial charge on any atom is -0.347 e. The highest BCUT2D eigenvalue weighted by Gasteiger charge is 2.38. The zero-order valence-corrected chi connectivity index (χ0v) is 15.7. The summed E-state index contributed by atoms with van der Waals surface area (Å²) >= 11 is 0. The van der Waals surface area contributed by atoms with Gasteiger partial charge in [0.05, 0.1) is 35.7 Å². The first-order valence-electron chi connectivity index (χ1n) is 9.59.